The molecule has 3 aromatic carbocycles. The van der Waals surface area contributed by atoms with E-state index in [0.717, 1.165) is 23.3 Å². The number of anilines is 2. The minimum Gasteiger partial charge on any atom is -0.761 e. The van der Waals surface area contributed by atoms with Crippen molar-refractivity contribution in [1.29, 1.82) is 0 Å². The van der Waals surface area contributed by atoms with Gasteiger partial charge in [-0.15, -0.1) is 0 Å². The molecule has 5 aromatic rings. The Morgan fingerprint density at radius 3 is 2.18 bits per heavy atom. The fourth-order valence-electron chi connectivity index (χ4n) is 6.05. The number of imidazole rings is 1. The van der Waals surface area contributed by atoms with Crippen LogP contribution < -0.4 is 25.1 Å². The van der Waals surface area contributed by atoms with Gasteiger partial charge in [0.15, 0.2) is 34.7 Å². The highest BCUT2D eigenvalue weighted by Gasteiger charge is 2.54. The standard InChI is InChI=1S/C34H39N6O12P3S/c1-2-18-56-34-37-31(35-20-24-14-8-4-9-15-24)28-32(38-34)40(22-36-28)33-30-29(49-27(50-30)19-23-12-6-3-7-13-23)26(48-33)21-47-54(43,44)52-55(45,46)51-53(41,42)39-25-16-10-5-11-17-25/h3-17,22,26-27,29-30,33H,2,18-21H2,1H3,(H,43,44)(H,45,46)(H,35,37,38)(H2,39,41,42)/p-3/t26-,27?,29?,30+,33-/m1/s1. The summed E-state index contributed by atoms with van der Waals surface area (Å²) in [5.74, 6) is 1.25. The van der Waals surface area contributed by atoms with Gasteiger partial charge in [0.1, 0.15) is 18.3 Å². The van der Waals surface area contributed by atoms with Crippen LogP contribution in [0, 0.1) is 0 Å². The summed E-state index contributed by atoms with van der Waals surface area (Å²) >= 11 is 1.47. The number of thioether (sulfide) groups is 1. The fourth-order valence-corrected chi connectivity index (χ4v) is 10.3. The Bertz CT molecular complexity index is 2250. The van der Waals surface area contributed by atoms with E-state index in [-0.39, 0.29) is 5.69 Å². The molecule has 298 valence electrons. The van der Waals surface area contributed by atoms with Crippen molar-refractivity contribution in [2.24, 2.45) is 0 Å². The minimum atomic E-state index is -6.05. The molecule has 2 fully saturated rings. The van der Waals surface area contributed by atoms with E-state index in [9.17, 15) is 28.4 Å². The lowest BCUT2D eigenvalue weighted by atomic mass is 10.1. The predicted molar refractivity (Wildman–Crippen MR) is 199 cm³/mol. The van der Waals surface area contributed by atoms with Crippen molar-refractivity contribution in [3.8, 4) is 0 Å². The van der Waals surface area contributed by atoms with Crippen LogP contribution in [0.1, 0.15) is 30.7 Å². The van der Waals surface area contributed by atoms with Gasteiger partial charge in [0.2, 0.25) is 7.75 Å². The van der Waals surface area contributed by atoms with Crippen molar-refractivity contribution in [1.82, 2.24) is 19.5 Å². The molecule has 0 aliphatic carbocycles. The molecular formula is C34H36N6O12P3S-3. The molecule has 2 N–H and O–H groups in total. The monoisotopic (exact) mass is 845 g/mol. The van der Waals surface area contributed by atoms with Gasteiger partial charge in [-0.25, -0.2) is 19.3 Å². The molecular weight excluding hydrogens is 809 g/mol. The summed E-state index contributed by atoms with van der Waals surface area (Å²) in [7, 11) is -17.2. The fraction of sp³-hybridized carbons (Fsp3) is 0.324. The maximum absolute atomic E-state index is 12.8. The maximum atomic E-state index is 12.8. The smallest absolute Gasteiger partial charge is 0.280 e. The number of benzene rings is 3. The van der Waals surface area contributed by atoms with Crippen LogP contribution in [-0.2, 0) is 54.0 Å². The average Bonchev–Trinajstić information content (AvgIpc) is 3.86. The first-order valence-corrected chi connectivity index (χ1v) is 22.8. The summed E-state index contributed by atoms with van der Waals surface area (Å²) in [6.07, 6.45) is -1.95. The molecule has 2 aromatic heterocycles. The van der Waals surface area contributed by atoms with E-state index in [1.54, 1.807) is 10.6 Å². The van der Waals surface area contributed by atoms with Gasteiger partial charge in [-0.05, 0) is 29.7 Å². The van der Waals surface area contributed by atoms with Gasteiger partial charge >= 0.3 is 0 Å². The second kappa shape index (κ2) is 17.5. The van der Waals surface area contributed by atoms with Gasteiger partial charge in [0, 0.05) is 24.4 Å². The largest absolute Gasteiger partial charge is 0.761 e. The minimum absolute atomic E-state index is 0.0352. The number of hydrogen-bond donors (Lipinski definition) is 2. The quantitative estimate of drug-likeness (QED) is 0.0686. The Balaban J connectivity index is 1.11. The van der Waals surface area contributed by atoms with Gasteiger partial charge in [-0.1, -0.05) is 97.5 Å². The number of fused-ring (bicyclic) bond motifs is 2. The first-order valence-electron chi connectivity index (χ1n) is 17.4. The zero-order chi connectivity index (χ0) is 39.3. The Morgan fingerprint density at radius 2 is 1.48 bits per heavy atom. The average molecular weight is 846 g/mol. The van der Waals surface area contributed by atoms with Crippen molar-refractivity contribution >= 4 is 57.8 Å². The molecule has 5 unspecified atom stereocenters. The zero-order valence-electron chi connectivity index (χ0n) is 29.6. The van der Waals surface area contributed by atoms with E-state index in [4.69, 9.17) is 28.7 Å². The van der Waals surface area contributed by atoms with Gasteiger partial charge in [-0.2, -0.15) is 0 Å². The van der Waals surface area contributed by atoms with Gasteiger partial charge in [0.05, 0.1) is 12.9 Å². The lowest BCUT2D eigenvalue weighted by Gasteiger charge is -2.35. The van der Waals surface area contributed by atoms with Crippen molar-refractivity contribution in [2.75, 3.05) is 22.8 Å². The highest BCUT2D eigenvalue weighted by atomic mass is 32.2. The van der Waals surface area contributed by atoms with Crippen LogP contribution >= 0.6 is 35.2 Å². The zero-order valence-corrected chi connectivity index (χ0v) is 33.1. The topological polar surface area (TPSA) is 243 Å². The highest BCUT2D eigenvalue weighted by molar-refractivity contribution is 7.99. The Hall–Kier alpha value is -3.51. The second-order valence-electron chi connectivity index (χ2n) is 12.6. The van der Waals surface area contributed by atoms with Crippen LogP contribution in [0.25, 0.3) is 11.2 Å². The van der Waals surface area contributed by atoms with Crippen molar-refractivity contribution in [3.63, 3.8) is 0 Å². The number of aromatic nitrogens is 4. The van der Waals surface area contributed by atoms with E-state index in [2.05, 4.69) is 18.9 Å². The first-order chi connectivity index (χ1) is 26.9. The number of phosphoric ester groups is 1. The number of nitrogens with zero attached hydrogens (tertiary/aromatic N) is 4. The third-order valence-electron chi connectivity index (χ3n) is 8.41. The number of ether oxygens (including phenoxy) is 3. The second-order valence-corrected chi connectivity index (χ2v) is 18.2. The highest BCUT2D eigenvalue weighted by Crippen LogP contribution is 2.62. The SMILES string of the molecule is CCCSc1nc(NCc2ccccc2)c2ncn([C@@H]3O[C@H](COP(=O)([O-])OP(=O)([O-])OP(=O)([O-])Nc4ccccc4)C4OC(Cc5ccccc5)O[C@@H]43)c2n1. The van der Waals surface area contributed by atoms with E-state index in [1.165, 1.54) is 42.4 Å². The number of nitrogens with one attached hydrogen (secondary N) is 2. The summed E-state index contributed by atoms with van der Waals surface area (Å²) in [5, 5.41) is 5.72. The van der Waals surface area contributed by atoms with E-state index >= 15 is 0 Å². The molecule has 18 nitrogen and oxygen atoms in total. The molecule has 0 saturated carbocycles. The summed E-state index contributed by atoms with van der Waals surface area (Å²) in [5.41, 5.74) is 2.76. The van der Waals surface area contributed by atoms with Crippen LogP contribution in [0.4, 0.5) is 11.5 Å². The molecule has 0 amide bonds. The van der Waals surface area contributed by atoms with Gasteiger partial charge < -0.3 is 43.8 Å². The van der Waals surface area contributed by atoms with Crippen molar-refractivity contribution < 1.29 is 55.7 Å². The number of para-hydroxylation sites is 1. The molecule has 2 aliphatic heterocycles. The third-order valence-corrected chi connectivity index (χ3v) is 13.7. The lowest BCUT2D eigenvalue weighted by molar-refractivity contribution is -0.246. The van der Waals surface area contributed by atoms with Gasteiger partial charge in [-0.3, -0.25) is 22.6 Å². The molecule has 2 aliphatic rings. The molecule has 8 atom stereocenters. The predicted octanol–water partition coefficient (Wildman–Crippen LogP) is 4.76. The summed E-state index contributed by atoms with van der Waals surface area (Å²) in [4.78, 5) is 51.7. The summed E-state index contributed by atoms with van der Waals surface area (Å²) < 4.78 is 71.3. The first kappa shape index (κ1) is 40.7. The molecule has 7 rings (SSSR count). The third kappa shape index (κ3) is 10.3. The van der Waals surface area contributed by atoms with E-state index in [0.29, 0.717) is 35.1 Å². The molecule has 56 heavy (non-hydrogen) atoms. The van der Waals surface area contributed by atoms with Crippen LogP contribution in [0.15, 0.2) is 102 Å². The number of phosphoric acid groups is 2. The molecule has 2 saturated heterocycles. The summed E-state index contributed by atoms with van der Waals surface area (Å²) in [6.45, 7) is 1.71. The molecule has 4 heterocycles. The maximum Gasteiger partial charge on any atom is 0.280 e. The van der Waals surface area contributed by atoms with Crippen molar-refractivity contribution in [2.45, 2.75) is 62.3 Å². The Labute approximate surface area is 325 Å². The molecule has 22 heteroatoms. The Morgan fingerprint density at radius 1 is 0.821 bits per heavy atom. The van der Waals surface area contributed by atoms with E-state index in [1.807, 2.05) is 72.7 Å². The molecule has 0 bridgehead atoms. The van der Waals surface area contributed by atoms with Crippen molar-refractivity contribution in [3.05, 3.63) is 108 Å². The normalized spacial score (nSPS) is 23.9. The van der Waals surface area contributed by atoms with Crippen LogP contribution in [0.5, 0.6) is 0 Å². The van der Waals surface area contributed by atoms with E-state index < -0.39 is 60.8 Å². The Kier molecular flexibility index (Phi) is 12.7. The summed E-state index contributed by atoms with van der Waals surface area (Å²) in [6, 6.07) is 26.4. The van der Waals surface area contributed by atoms with Crippen LogP contribution in [0.2, 0.25) is 0 Å². The number of rotatable bonds is 18. The van der Waals surface area contributed by atoms with Gasteiger partial charge in [0.25, 0.3) is 15.6 Å². The van der Waals surface area contributed by atoms with Crippen LogP contribution in [0.3, 0.4) is 0 Å². The molecule has 0 spiro atoms. The van der Waals surface area contributed by atoms with Crippen LogP contribution in [-0.4, -0.2) is 56.5 Å². The lowest BCUT2D eigenvalue weighted by Crippen LogP contribution is -2.32. The number of hydrogen-bond acceptors (Lipinski definition) is 17. The molecule has 0 radical (unpaired) electrons.